The van der Waals surface area contributed by atoms with E-state index in [1.165, 1.54) is 20.1 Å². The fraction of sp³-hybridized carbons (Fsp3) is 0.500. The molecule has 2 aliphatic carbocycles. The summed E-state index contributed by atoms with van der Waals surface area (Å²) in [5.74, 6) is -1.53. The van der Waals surface area contributed by atoms with Gasteiger partial charge in [0.1, 0.15) is 6.10 Å². The Bertz CT molecular complexity index is 615. The van der Waals surface area contributed by atoms with Crippen molar-refractivity contribution < 1.29 is 23.9 Å². The van der Waals surface area contributed by atoms with E-state index in [4.69, 9.17) is 9.47 Å². The number of esters is 2. The molecule has 0 radical (unpaired) electrons. The molecule has 0 N–H and O–H groups in total. The highest BCUT2D eigenvalue weighted by Crippen LogP contribution is 2.52. The number of ether oxygens (including phenoxy) is 2. The van der Waals surface area contributed by atoms with Crippen molar-refractivity contribution in [1.29, 1.82) is 0 Å². The average molecular weight is 318 g/mol. The first-order valence-corrected chi connectivity index (χ1v) is 7.56. The Kier molecular flexibility index (Phi) is 4.59. The van der Waals surface area contributed by atoms with E-state index in [9.17, 15) is 14.4 Å². The van der Waals surface area contributed by atoms with Crippen molar-refractivity contribution in [3.8, 4) is 0 Å². The van der Waals surface area contributed by atoms with Gasteiger partial charge in [0.15, 0.2) is 5.78 Å². The van der Waals surface area contributed by atoms with E-state index in [-0.39, 0.29) is 28.6 Å². The second-order valence-corrected chi connectivity index (χ2v) is 6.49. The topological polar surface area (TPSA) is 69.7 Å². The lowest BCUT2D eigenvalue weighted by Gasteiger charge is -2.48. The van der Waals surface area contributed by atoms with Gasteiger partial charge in [-0.15, -0.1) is 0 Å². The number of methoxy groups -OCH3 is 1. The molecular weight excluding hydrogens is 296 g/mol. The van der Waals surface area contributed by atoms with E-state index in [0.29, 0.717) is 18.4 Å². The molecule has 5 heteroatoms. The second kappa shape index (κ2) is 6.14. The molecule has 0 spiro atoms. The zero-order chi connectivity index (χ0) is 17.4. The minimum absolute atomic E-state index is 0.0964. The van der Waals surface area contributed by atoms with Crippen LogP contribution in [0.5, 0.6) is 0 Å². The van der Waals surface area contributed by atoms with E-state index in [1.807, 2.05) is 13.0 Å². The highest BCUT2D eigenvalue weighted by Gasteiger charge is 2.49. The van der Waals surface area contributed by atoms with Crippen molar-refractivity contribution in [2.45, 2.75) is 32.8 Å². The van der Waals surface area contributed by atoms with Crippen LogP contribution in [-0.4, -0.2) is 30.9 Å². The van der Waals surface area contributed by atoms with Gasteiger partial charge in [-0.1, -0.05) is 26.2 Å². The van der Waals surface area contributed by atoms with Gasteiger partial charge < -0.3 is 9.47 Å². The molecule has 0 saturated heterocycles. The summed E-state index contributed by atoms with van der Waals surface area (Å²) < 4.78 is 10.2. The standard InChI is InChI=1S/C18H22O5/c1-10(17(21)22-5)13-8-14-11(2)15(20)6-7-18(14,4)9-16(13)23-12(3)19/h6-7,13-14,16H,1-2,8-9H2,3-5H3/t13-,14+,16-,18-/m1/s1. The number of carbonyl (C=O) groups is 3. The maximum absolute atomic E-state index is 11.9. The van der Waals surface area contributed by atoms with Crippen molar-refractivity contribution in [3.05, 3.63) is 36.5 Å². The van der Waals surface area contributed by atoms with Crippen molar-refractivity contribution in [2.24, 2.45) is 17.3 Å². The predicted molar refractivity (Wildman–Crippen MR) is 84.3 cm³/mol. The quantitative estimate of drug-likeness (QED) is 0.590. The summed E-state index contributed by atoms with van der Waals surface area (Å²) in [4.78, 5) is 35.2. The summed E-state index contributed by atoms with van der Waals surface area (Å²) in [5, 5.41) is 0. The number of hydrogen-bond donors (Lipinski definition) is 0. The normalized spacial score (nSPS) is 32.9. The zero-order valence-electron chi connectivity index (χ0n) is 13.8. The van der Waals surface area contributed by atoms with Crippen molar-refractivity contribution >= 4 is 17.7 Å². The molecule has 2 aliphatic rings. The number of hydrogen-bond acceptors (Lipinski definition) is 5. The Morgan fingerprint density at radius 1 is 1.39 bits per heavy atom. The maximum Gasteiger partial charge on any atom is 0.333 e. The van der Waals surface area contributed by atoms with Crippen molar-refractivity contribution in [2.75, 3.05) is 7.11 Å². The number of fused-ring (bicyclic) bond motifs is 1. The molecule has 0 aliphatic heterocycles. The molecule has 0 bridgehead atoms. The number of carbonyl (C=O) groups excluding carboxylic acids is 3. The maximum atomic E-state index is 11.9. The molecule has 2 rings (SSSR count). The minimum atomic E-state index is -0.529. The first-order valence-electron chi connectivity index (χ1n) is 7.56. The average Bonchev–Trinajstić information content (AvgIpc) is 2.49. The van der Waals surface area contributed by atoms with Crippen LogP contribution in [0.2, 0.25) is 0 Å². The molecule has 5 nitrogen and oxygen atoms in total. The molecule has 0 amide bonds. The number of allylic oxidation sites excluding steroid dienone is 3. The summed E-state index contributed by atoms with van der Waals surface area (Å²) in [5.41, 5.74) is 0.451. The smallest absolute Gasteiger partial charge is 0.333 e. The van der Waals surface area contributed by atoms with Crippen molar-refractivity contribution in [1.82, 2.24) is 0 Å². The first-order chi connectivity index (χ1) is 10.7. The SMILES string of the molecule is C=C(C(=O)OC)[C@H]1C[C@H]2C(=C)C(=O)C=C[C@]2(C)C[C@H]1OC(C)=O. The largest absolute Gasteiger partial charge is 0.466 e. The third kappa shape index (κ3) is 3.14. The van der Waals surface area contributed by atoms with Crippen LogP contribution in [0.3, 0.4) is 0 Å². The van der Waals surface area contributed by atoms with Crippen LogP contribution in [0.15, 0.2) is 36.5 Å². The Morgan fingerprint density at radius 2 is 2.04 bits per heavy atom. The molecule has 0 aromatic carbocycles. The fourth-order valence-corrected chi connectivity index (χ4v) is 3.65. The van der Waals surface area contributed by atoms with Gasteiger partial charge in [-0.3, -0.25) is 9.59 Å². The Morgan fingerprint density at radius 3 is 2.61 bits per heavy atom. The Balaban J connectivity index is 2.37. The molecular formula is C18H22O5. The molecule has 1 saturated carbocycles. The molecule has 1 fully saturated rings. The van der Waals surface area contributed by atoms with Gasteiger partial charge in [-0.2, -0.15) is 0 Å². The molecule has 0 unspecified atom stereocenters. The summed E-state index contributed by atoms with van der Waals surface area (Å²) in [7, 11) is 1.28. The van der Waals surface area contributed by atoms with Crippen LogP contribution in [0, 0.1) is 17.3 Å². The number of ketones is 1. The van der Waals surface area contributed by atoms with E-state index in [2.05, 4.69) is 13.2 Å². The van der Waals surface area contributed by atoms with Crippen LogP contribution in [-0.2, 0) is 23.9 Å². The third-order valence-electron chi connectivity index (χ3n) is 4.94. The second-order valence-electron chi connectivity index (χ2n) is 6.49. The zero-order valence-corrected chi connectivity index (χ0v) is 13.8. The monoisotopic (exact) mass is 318 g/mol. The molecule has 0 aromatic rings. The lowest BCUT2D eigenvalue weighted by atomic mass is 9.57. The Hall–Kier alpha value is -2.17. The van der Waals surface area contributed by atoms with Gasteiger partial charge in [-0.05, 0) is 35.8 Å². The van der Waals surface area contributed by atoms with Gasteiger partial charge in [0.2, 0.25) is 0 Å². The highest BCUT2D eigenvalue weighted by molar-refractivity contribution is 6.05. The Labute approximate surface area is 136 Å². The summed E-state index contributed by atoms with van der Waals surface area (Å²) in [6.45, 7) is 11.1. The van der Waals surface area contributed by atoms with Gasteiger partial charge >= 0.3 is 11.9 Å². The first kappa shape index (κ1) is 17.2. The van der Waals surface area contributed by atoms with E-state index >= 15 is 0 Å². The molecule has 23 heavy (non-hydrogen) atoms. The highest BCUT2D eigenvalue weighted by atomic mass is 16.5. The number of rotatable bonds is 3. The van der Waals surface area contributed by atoms with Gasteiger partial charge in [0.25, 0.3) is 0 Å². The molecule has 124 valence electrons. The van der Waals surface area contributed by atoms with Gasteiger partial charge in [0.05, 0.1) is 7.11 Å². The summed E-state index contributed by atoms with van der Waals surface area (Å²) in [6, 6.07) is 0. The van der Waals surface area contributed by atoms with Gasteiger partial charge in [0, 0.05) is 18.4 Å². The van der Waals surface area contributed by atoms with Crippen LogP contribution in [0.1, 0.15) is 26.7 Å². The lowest BCUT2D eigenvalue weighted by molar-refractivity contribution is -0.155. The molecule has 0 aromatic heterocycles. The molecule has 4 atom stereocenters. The van der Waals surface area contributed by atoms with E-state index < -0.39 is 18.0 Å². The van der Waals surface area contributed by atoms with Crippen LogP contribution < -0.4 is 0 Å². The molecule has 0 heterocycles. The summed E-state index contributed by atoms with van der Waals surface area (Å²) in [6.07, 6.45) is 3.88. The van der Waals surface area contributed by atoms with Crippen LogP contribution >= 0.6 is 0 Å². The van der Waals surface area contributed by atoms with Crippen LogP contribution in [0.25, 0.3) is 0 Å². The lowest BCUT2D eigenvalue weighted by Crippen LogP contribution is -2.47. The third-order valence-corrected chi connectivity index (χ3v) is 4.94. The minimum Gasteiger partial charge on any atom is -0.466 e. The van der Waals surface area contributed by atoms with Gasteiger partial charge in [-0.25, -0.2) is 4.79 Å². The van der Waals surface area contributed by atoms with Crippen LogP contribution in [0.4, 0.5) is 0 Å². The van der Waals surface area contributed by atoms with Crippen molar-refractivity contribution in [3.63, 3.8) is 0 Å². The van der Waals surface area contributed by atoms with E-state index in [1.54, 1.807) is 0 Å². The van der Waals surface area contributed by atoms with E-state index in [0.717, 1.165) is 0 Å². The predicted octanol–water partition coefficient (Wildman–Crippen LogP) is 2.37. The summed E-state index contributed by atoms with van der Waals surface area (Å²) >= 11 is 0. The fourth-order valence-electron chi connectivity index (χ4n) is 3.65.